The van der Waals surface area contributed by atoms with Crippen LogP contribution in [0.4, 0.5) is 5.69 Å². The van der Waals surface area contributed by atoms with Crippen LogP contribution in [-0.2, 0) is 7.05 Å². The summed E-state index contributed by atoms with van der Waals surface area (Å²) < 4.78 is 1.46. The molecule has 0 aromatic carbocycles. The van der Waals surface area contributed by atoms with Crippen LogP contribution in [0, 0.1) is 10.1 Å². The van der Waals surface area contributed by atoms with Gasteiger partial charge in [-0.2, -0.15) is 0 Å². The van der Waals surface area contributed by atoms with Crippen molar-refractivity contribution in [2.24, 2.45) is 7.05 Å². The van der Waals surface area contributed by atoms with Gasteiger partial charge < -0.3 is 0 Å². The molecule has 2 aromatic heterocycles. The Labute approximate surface area is 94.8 Å². The van der Waals surface area contributed by atoms with Gasteiger partial charge in [0.15, 0.2) is 0 Å². The number of hydrogen-bond acceptors (Lipinski definition) is 5. The van der Waals surface area contributed by atoms with Gasteiger partial charge in [-0.05, 0) is 0 Å². The number of hydrogen-bond donors (Lipinski definition) is 0. The SMILES string of the molecule is Cn1nncc1-c1cc([N+](=O)[O-])cc(Cl)n1. The molecule has 0 bridgehead atoms. The Hall–Kier alpha value is -2.02. The molecule has 0 fully saturated rings. The van der Waals surface area contributed by atoms with Crippen molar-refractivity contribution in [1.29, 1.82) is 0 Å². The maximum absolute atomic E-state index is 10.6. The molecule has 0 aliphatic heterocycles. The predicted molar refractivity (Wildman–Crippen MR) is 55.9 cm³/mol. The third-order valence-corrected chi connectivity index (χ3v) is 2.16. The minimum atomic E-state index is -0.527. The van der Waals surface area contributed by atoms with E-state index in [1.807, 2.05) is 0 Å². The topological polar surface area (TPSA) is 86.7 Å². The van der Waals surface area contributed by atoms with E-state index in [0.29, 0.717) is 11.4 Å². The lowest BCUT2D eigenvalue weighted by molar-refractivity contribution is -0.384. The molecule has 0 aliphatic carbocycles. The molecule has 0 atom stereocenters. The van der Waals surface area contributed by atoms with E-state index in [4.69, 9.17) is 11.6 Å². The van der Waals surface area contributed by atoms with Gasteiger partial charge in [0.05, 0.1) is 22.9 Å². The van der Waals surface area contributed by atoms with Crippen LogP contribution in [0.25, 0.3) is 11.4 Å². The summed E-state index contributed by atoms with van der Waals surface area (Å²) >= 11 is 5.70. The molecule has 16 heavy (non-hydrogen) atoms. The third-order valence-electron chi connectivity index (χ3n) is 1.97. The Morgan fingerprint density at radius 2 is 2.25 bits per heavy atom. The van der Waals surface area contributed by atoms with Crippen LogP contribution >= 0.6 is 11.6 Å². The molecular weight excluding hydrogens is 234 g/mol. The minimum absolute atomic E-state index is 0.0606. The predicted octanol–water partition coefficient (Wildman–Crippen LogP) is 1.44. The van der Waals surface area contributed by atoms with Crippen molar-refractivity contribution in [3.05, 3.63) is 33.6 Å². The molecule has 0 unspecified atom stereocenters. The fourth-order valence-corrected chi connectivity index (χ4v) is 1.44. The van der Waals surface area contributed by atoms with E-state index in [1.54, 1.807) is 7.05 Å². The monoisotopic (exact) mass is 239 g/mol. The zero-order valence-corrected chi connectivity index (χ0v) is 8.92. The van der Waals surface area contributed by atoms with Crippen molar-refractivity contribution < 1.29 is 4.92 Å². The molecule has 0 radical (unpaired) electrons. The lowest BCUT2D eigenvalue weighted by Gasteiger charge is -2.00. The van der Waals surface area contributed by atoms with E-state index in [1.165, 1.54) is 23.0 Å². The van der Waals surface area contributed by atoms with E-state index in [9.17, 15) is 10.1 Å². The van der Waals surface area contributed by atoms with Crippen molar-refractivity contribution in [2.75, 3.05) is 0 Å². The minimum Gasteiger partial charge on any atom is -0.258 e. The second-order valence-corrected chi connectivity index (χ2v) is 3.42. The quantitative estimate of drug-likeness (QED) is 0.450. The summed E-state index contributed by atoms with van der Waals surface area (Å²) in [6.45, 7) is 0. The zero-order valence-electron chi connectivity index (χ0n) is 8.16. The van der Waals surface area contributed by atoms with Crippen LogP contribution in [0.3, 0.4) is 0 Å². The molecule has 2 aromatic rings. The normalized spacial score (nSPS) is 10.4. The first-order chi connectivity index (χ1) is 7.58. The van der Waals surface area contributed by atoms with Gasteiger partial charge in [-0.1, -0.05) is 16.8 Å². The summed E-state index contributed by atoms with van der Waals surface area (Å²) in [5.74, 6) is 0. The highest BCUT2D eigenvalue weighted by atomic mass is 35.5. The summed E-state index contributed by atoms with van der Waals surface area (Å²) in [7, 11) is 1.66. The van der Waals surface area contributed by atoms with Gasteiger partial charge in [0, 0.05) is 13.1 Å². The smallest absolute Gasteiger partial charge is 0.258 e. The Morgan fingerprint density at radius 1 is 1.50 bits per heavy atom. The van der Waals surface area contributed by atoms with E-state index < -0.39 is 4.92 Å². The van der Waals surface area contributed by atoms with Crippen molar-refractivity contribution in [2.45, 2.75) is 0 Å². The van der Waals surface area contributed by atoms with E-state index in [-0.39, 0.29) is 10.8 Å². The molecule has 0 N–H and O–H groups in total. The molecule has 2 rings (SSSR count). The zero-order chi connectivity index (χ0) is 11.7. The Bertz CT molecular complexity index is 553. The summed E-state index contributed by atoms with van der Waals surface area (Å²) in [4.78, 5) is 14.1. The second-order valence-electron chi connectivity index (χ2n) is 3.03. The fraction of sp³-hybridized carbons (Fsp3) is 0.125. The van der Waals surface area contributed by atoms with Gasteiger partial charge in [0.25, 0.3) is 5.69 Å². The first-order valence-electron chi connectivity index (χ1n) is 4.25. The lowest BCUT2D eigenvalue weighted by atomic mass is 10.2. The number of aromatic nitrogens is 4. The van der Waals surface area contributed by atoms with Crippen molar-refractivity contribution in [1.82, 2.24) is 20.0 Å². The summed E-state index contributed by atoms with van der Waals surface area (Å²) in [6, 6.07) is 2.51. The Kier molecular flexibility index (Phi) is 2.53. The molecule has 0 amide bonds. The number of pyridine rings is 1. The lowest BCUT2D eigenvalue weighted by Crippen LogP contribution is -1.97. The van der Waals surface area contributed by atoms with Crippen molar-refractivity contribution >= 4 is 17.3 Å². The first kappa shape index (κ1) is 10.5. The summed E-state index contributed by atoms with van der Waals surface area (Å²) in [6.07, 6.45) is 1.46. The van der Waals surface area contributed by atoms with Gasteiger partial charge in [-0.25, -0.2) is 9.67 Å². The molecule has 2 heterocycles. The Morgan fingerprint density at radius 3 is 2.81 bits per heavy atom. The maximum Gasteiger partial charge on any atom is 0.274 e. The van der Waals surface area contributed by atoms with Gasteiger partial charge in [0.1, 0.15) is 10.8 Å². The van der Waals surface area contributed by atoms with E-state index in [0.717, 1.165) is 0 Å². The van der Waals surface area contributed by atoms with E-state index >= 15 is 0 Å². The van der Waals surface area contributed by atoms with Crippen LogP contribution in [0.15, 0.2) is 18.3 Å². The highest BCUT2D eigenvalue weighted by molar-refractivity contribution is 6.29. The number of nitro groups is 1. The maximum atomic E-state index is 10.6. The standard InChI is InChI=1S/C8H6ClN5O2/c1-13-7(4-10-12-13)6-2-5(14(15)16)3-8(9)11-6/h2-4H,1H3. The Balaban J connectivity index is 2.58. The molecule has 0 saturated heterocycles. The number of rotatable bonds is 2. The van der Waals surface area contributed by atoms with Gasteiger partial charge in [-0.15, -0.1) is 5.10 Å². The largest absolute Gasteiger partial charge is 0.274 e. The summed E-state index contributed by atoms with van der Waals surface area (Å²) in [5.41, 5.74) is 0.813. The molecule has 7 nitrogen and oxygen atoms in total. The van der Waals surface area contributed by atoms with Crippen LogP contribution in [0.2, 0.25) is 5.15 Å². The molecule has 0 spiro atoms. The highest BCUT2D eigenvalue weighted by Crippen LogP contribution is 2.23. The van der Waals surface area contributed by atoms with Gasteiger partial charge in [0.2, 0.25) is 0 Å². The molecule has 0 aliphatic rings. The second kappa shape index (κ2) is 3.86. The molecule has 82 valence electrons. The van der Waals surface area contributed by atoms with Gasteiger partial charge in [-0.3, -0.25) is 10.1 Å². The van der Waals surface area contributed by atoms with E-state index in [2.05, 4.69) is 15.3 Å². The van der Waals surface area contributed by atoms with Crippen LogP contribution < -0.4 is 0 Å². The van der Waals surface area contributed by atoms with Crippen LogP contribution in [0.1, 0.15) is 0 Å². The average Bonchev–Trinajstić information content (AvgIpc) is 2.63. The van der Waals surface area contributed by atoms with Crippen molar-refractivity contribution in [3.63, 3.8) is 0 Å². The highest BCUT2D eigenvalue weighted by Gasteiger charge is 2.13. The average molecular weight is 240 g/mol. The fourth-order valence-electron chi connectivity index (χ4n) is 1.24. The van der Waals surface area contributed by atoms with Crippen molar-refractivity contribution in [3.8, 4) is 11.4 Å². The number of halogens is 1. The molecule has 8 heteroatoms. The summed E-state index contributed by atoms with van der Waals surface area (Å²) in [5, 5.41) is 18.1. The number of aryl methyl sites for hydroxylation is 1. The van der Waals surface area contributed by atoms with Crippen LogP contribution in [-0.4, -0.2) is 24.9 Å². The first-order valence-corrected chi connectivity index (χ1v) is 4.63. The number of nitrogens with zero attached hydrogens (tertiary/aromatic N) is 5. The van der Waals surface area contributed by atoms with Crippen LogP contribution in [0.5, 0.6) is 0 Å². The molecular formula is C8H6ClN5O2. The molecule has 0 saturated carbocycles. The van der Waals surface area contributed by atoms with Gasteiger partial charge >= 0.3 is 0 Å². The third kappa shape index (κ3) is 1.84.